The summed E-state index contributed by atoms with van der Waals surface area (Å²) in [5.41, 5.74) is -0.587. The molecule has 1 saturated heterocycles. The van der Waals surface area contributed by atoms with Crippen LogP contribution in [0.4, 0.5) is 5.69 Å². The lowest BCUT2D eigenvalue weighted by Gasteiger charge is -2.34. The zero-order chi connectivity index (χ0) is 18.6. The van der Waals surface area contributed by atoms with Crippen molar-refractivity contribution in [3.8, 4) is 11.5 Å². The quantitative estimate of drug-likeness (QED) is 0.743. The van der Waals surface area contributed by atoms with E-state index in [2.05, 4.69) is 5.32 Å². The Morgan fingerprint density at radius 1 is 1.28 bits per heavy atom. The molecule has 1 aliphatic rings. The number of carbonyl (C=O) groups excluding carboxylic acids is 2. The third-order valence-electron chi connectivity index (χ3n) is 4.34. The summed E-state index contributed by atoms with van der Waals surface area (Å²) < 4.78 is 15.5. The van der Waals surface area contributed by atoms with Gasteiger partial charge in [0, 0.05) is 26.1 Å². The van der Waals surface area contributed by atoms with Crippen molar-refractivity contribution in [2.45, 2.75) is 25.3 Å². The van der Waals surface area contributed by atoms with E-state index in [0.717, 1.165) is 0 Å². The van der Waals surface area contributed by atoms with Crippen molar-refractivity contribution in [1.29, 1.82) is 0 Å². The van der Waals surface area contributed by atoms with Gasteiger partial charge >= 0.3 is 0 Å². The van der Waals surface area contributed by atoms with Gasteiger partial charge in [-0.05, 0) is 19.4 Å². The molecule has 1 unspecified atom stereocenters. The molecular formula is C17H23ClN2O5. The van der Waals surface area contributed by atoms with Crippen LogP contribution in [0, 0.1) is 0 Å². The van der Waals surface area contributed by atoms with E-state index < -0.39 is 5.54 Å². The normalized spacial score (nSPS) is 19.9. The molecule has 1 aromatic carbocycles. The van der Waals surface area contributed by atoms with Crippen LogP contribution in [0.5, 0.6) is 11.5 Å². The van der Waals surface area contributed by atoms with Crippen molar-refractivity contribution in [2.75, 3.05) is 39.4 Å². The van der Waals surface area contributed by atoms with E-state index in [0.29, 0.717) is 41.8 Å². The fourth-order valence-electron chi connectivity index (χ4n) is 2.94. The molecule has 2 amide bonds. The standard InChI is InChI=1S/C17H23ClN2O5/c1-17(16(22)19-7-8-23-2)6-5-15(21)20(17)12-9-11(18)13(24-3)10-14(12)25-4/h9-10H,5-8H2,1-4H3,(H,19,22). The zero-order valence-corrected chi connectivity index (χ0v) is 15.6. The molecule has 7 nitrogen and oxygen atoms in total. The number of halogens is 1. The number of ether oxygens (including phenoxy) is 3. The average Bonchev–Trinajstić information content (AvgIpc) is 2.90. The molecule has 138 valence electrons. The van der Waals surface area contributed by atoms with Crippen molar-refractivity contribution in [3.05, 3.63) is 17.2 Å². The van der Waals surface area contributed by atoms with Crippen LogP contribution in [0.3, 0.4) is 0 Å². The van der Waals surface area contributed by atoms with Crippen LogP contribution in [-0.2, 0) is 14.3 Å². The molecule has 0 radical (unpaired) electrons. The van der Waals surface area contributed by atoms with Crippen molar-refractivity contribution in [3.63, 3.8) is 0 Å². The van der Waals surface area contributed by atoms with Gasteiger partial charge in [-0.1, -0.05) is 11.6 Å². The number of methoxy groups -OCH3 is 3. The molecular weight excluding hydrogens is 348 g/mol. The molecule has 25 heavy (non-hydrogen) atoms. The minimum atomic E-state index is -1.03. The van der Waals surface area contributed by atoms with E-state index in [1.54, 1.807) is 26.2 Å². The third kappa shape index (κ3) is 3.67. The van der Waals surface area contributed by atoms with Crippen molar-refractivity contribution >= 4 is 29.1 Å². The topological polar surface area (TPSA) is 77.1 Å². The van der Waals surface area contributed by atoms with Gasteiger partial charge in [-0.2, -0.15) is 0 Å². The molecule has 0 spiro atoms. The van der Waals surface area contributed by atoms with E-state index in [1.807, 2.05) is 0 Å². The highest BCUT2D eigenvalue weighted by atomic mass is 35.5. The Balaban J connectivity index is 2.42. The maximum absolute atomic E-state index is 12.7. The molecule has 1 atom stereocenters. The largest absolute Gasteiger partial charge is 0.495 e. The lowest BCUT2D eigenvalue weighted by molar-refractivity contribution is -0.127. The lowest BCUT2D eigenvalue weighted by Crippen LogP contribution is -2.55. The van der Waals surface area contributed by atoms with Gasteiger partial charge in [0.2, 0.25) is 11.8 Å². The number of hydrogen-bond donors (Lipinski definition) is 1. The molecule has 1 N–H and O–H groups in total. The molecule has 2 rings (SSSR count). The summed E-state index contributed by atoms with van der Waals surface area (Å²) in [6, 6.07) is 3.19. The second kappa shape index (κ2) is 7.93. The van der Waals surface area contributed by atoms with E-state index in [4.69, 9.17) is 25.8 Å². The van der Waals surface area contributed by atoms with Gasteiger partial charge in [0.05, 0.1) is 31.5 Å². The molecule has 0 aliphatic carbocycles. The number of nitrogens with one attached hydrogen (secondary N) is 1. The van der Waals surface area contributed by atoms with Gasteiger partial charge in [0.15, 0.2) is 0 Å². The first-order valence-corrected chi connectivity index (χ1v) is 8.28. The maximum atomic E-state index is 12.7. The Morgan fingerprint density at radius 2 is 1.96 bits per heavy atom. The number of amides is 2. The highest BCUT2D eigenvalue weighted by Gasteiger charge is 2.49. The highest BCUT2D eigenvalue weighted by Crippen LogP contribution is 2.44. The first-order valence-electron chi connectivity index (χ1n) is 7.91. The van der Waals surface area contributed by atoms with E-state index in [1.165, 1.54) is 19.1 Å². The number of nitrogens with zero attached hydrogens (tertiary/aromatic N) is 1. The maximum Gasteiger partial charge on any atom is 0.246 e. The SMILES string of the molecule is COCCNC(=O)C1(C)CCC(=O)N1c1cc(Cl)c(OC)cc1OC. The van der Waals surface area contributed by atoms with Gasteiger partial charge < -0.3 is 19.5 Å². The number of carbonyl (C=O) groups is 2. The predicted octanol–water partition coefficient (Wildman–Crippen LogP) is 2.01. The second-order valence-electron chi connectivity index (χ2n) is 5.91. The summed E-state index contributed by atoms with van der Waals surface area (Å²) >= 11 is 6.22. The summed E-state index contributed by atoms with van der Waals surface area (Å²) in [7, 11) is 4.54. The van der Waals surface area contributed by atoms with Crippen molar-refractivity contribution < 1.29 is 23.8 Å². The van der Waals surface area contributed by atoms with E-state index in [9.17, 15) is 9.59 Å². The van der Waals surface area contributed by atoms with E-state index in [-0.39, 0.29) is 18.2 Å². The van der Waals surface area contributed by atoms with Crippen LogP contribution >= 0.6 is 11.6 Å². The first-order chi connectivity index (χ1) is 11.9. The number of anilines is 1. The summed E-state index contributed by atoms with van der Waals surface area (Å²) in [5.74, 6) is 0.431. The monoisotopic (exact) mass is 370 g/mol. The molecule has 0 bridgehead atoms. The molecule has 0 saturated carbocycles. The molecule has 8 heteroatoms. The summed E-state index contributed by atoms with van der Waals surface area (Å²) in [6.45, 7) is 2.50. The Kier molecular flexibility index (Phi) is 6.13. The van der Waals surface area contributed by atoms with E-state index >= 15 is 0 Å². The van der Waals surface area contributed by atoms with Crippen LogP contribution in [0.25, 0.3) is 0 Å². The molecule has 1 aliphatic heterocycles. The van der Waals surface area contributed by atoms with Gasteiger partial charge in [0.1, 0.15) is 17.0 Å². The Morgan fingerprint density at radius 3 is 2.56 bits per heavy atom. The second-order valence-corrected chi connectivity index (χ2v) is 6.32. The average molecular weight is 371 g/mol. The minimum absolute atomic E-state index is 0.163. The van der Waals surface area contributed by atoms with Crippen LogP contribution in [0.15, 0.2) is 12.1 Å². The van der Waals surface area contributed by atoms with Crippen molar-refractivity contribution in [1.82, 2.24) is 5.32 Å². The third-order valence-corrected chi connectivity index (χ3v) is 4.64. The fraction of sp³-hybridized carbons (Fsp3) is 0.529. The van der Waals surface area contributed by atoms with Crippen molar-refractivity contribution in [2.24, 2.45) is 0 Å². The lowest BCUT2D eigenvalue weighted by atomic mass is 9.97. The number of benzene rings is 1. The van der Waals surface area contributed by atoms with Crippen LogP contribution in [0.1, 0.15) is 19.8 Å². The van der Waals surface area contributed by atoms with Gasteiger partial charge in [0.25, 0.3) is 0 Å². The molecule has 1 heterocycles. The minimum Gasteiger partial charge on any atom is -0.495 e. The van der Waals surface area contributed by atoms with Crippen LogP contribution in [-0.4, -0.2) is 51.8 Å². The number of rotatable bonds is 7. The summed E-state index contributed by atoms with van der Waals surface area (Å²) in [6.07, 6.45) is 0.665. The van der Waals surface area contributed by atoms with Gasteiger partial charge in [-0.15, -0.1) is 0 Å². The van der Waals surface area contributed by atoms with Gasteiger partial charge in [-0.3, -0.25) is 14.5 Å². The molecule has 1 aromatic rings. The van der Waals surface area contributed by atoms with Crippen LogP contribution in [0.2, 0.25) is 5.02 Å². The highest BCUT2D eigenvalue weighted by molar-refractivity contribution is 6.32. The molecule has 1 fully saturated rings. The smallest absolute Gasteiger partial charge is 0.246 e. The Bertz CT molecular complexity index is 667. The van der Waals surface area contributed by atoms with Crippen LogP contribution < -0.4 is 19.7 Å². The molecule has 0 aromatic heterocycles. The predicted molar refractivity (Wildman–Crippen MR) is 94.6 cm³/mol. The number of hydrogen-bond acceptors (Lipinski definition) is 5. The Labute approximate surface area is 152 Å². The fourth-order valence-corrected chi connectivity index (χ4v) is 3.18. The summed E-state index contributed by atoms with van der Waals surface area (Å²) in [4.78, 5) is 26.7. The van der Waals surface area contributed by atoms with Gasteiger partial charge in [-0.25, -0.2) is 0 Å². The Hall–Kier alpha value is -1.99. The first kappa shape index (κ1) is 19.3. The summed E-state index contributed by atoms with van der Waals surface area (Å²) in [5, 5.41) is 3.14. The zero-order valence-electron chi connectivity index (χ0n) is 14.8.